The first-order valence-corrected chi connectivity index (χ1v) is 10.4. The fourth-order valence-corrected chi connectivity index (χ4v) is 3.43. The van der Waals surface area contributed by atoms with E-state index in [1.54, 1.807) is 0 Å². The number of hydrogen-bond acceptors (Lipinski definition) is 5. The predicted octanol–water partition coefficient (Wildman–Crippen LogP) is 2.64. The maximum atomic E-state index is 12.8. The summed E-state index contributed by atoms with van der Waals surface area (Å²) < 4.78 is 7.03. The number of H-pyrrole nitrogens is 1. The van der Waals surface area contributed by atoms with Gasteiger partial charge < -0.3 is 15.4 Å². The zero-order chi connectivity index (χ0) is 23.4. The Hall–Kier alpha value is -3.81. The Labute approximate surface area is 186 Å². The first-order chi connectivity index (χ1) is 15.2. The van der Waals surface area contributed by atoms with Crippen LogP contribution < -0.4 is 26.6 Å². The maximum absolute atomic E-state index is 12.8. The van der Waals surface area contributed by atoms with Crippen LogP contribution in [0.3, 0.4) is 0 Å². The number of nitrogens with zero attached hydrogens (tertiary/aromatic N) is 2. The van der Waals surface area contributed by atoms with Gasteiger partial charge in [-0.05, 0) is 35.6 Å². The molecule has 1 heterocycles. The molecule has 3 N–H and O–H groups in total. The van der Waals surface area contributed by atoms with E-state index in [1.165, 1.54) is 11.6 Å². The van der Waals surface area contributed by atoms with E-state index in [4.69, 9.17) is 10.5 Å². The maximum Gasteiger partial charge on any atom is 0.330 e. The fourth-order valence-electron chi connectivity index (χ4n) is 3.43. The van der Waals surface area contributed by atoms with Crippen LogP contribution in [0.1, 0.15) is 36.5 Å². The highest BCUT2D eigenvalue weighted by Crippen LogP contribution is 2.27. The lowest BCUT2D eigenvalue weighted by atomic mass is 10.0. The summed E-state index contributed by atoms with van der Waals surface area (Å²) in [5.41, 5.74) is 7.53. The SMILES string of the molecule is Cc1ccc(C(C)C)c(OCC(=O)N(C)c2c(N)n(Cc3ccccc3)c(=O)[nH]c2=O)c1. The van der Waals surface area contributed by atoms with Crippen molar-refractivity contribution >= 4 is 17.4 Å². The van der Waals surface area contributed by atoms with Crippen LogP contribution in [0.15, 0.2) is 58.1 Å². The van der Waals surface area contributed by atoms with E-state index in [0.717, 1.165) is 21.6 Å². The number of rotatable bonds is 7. The largest absolute Gasteiger partial charge is 0.483 e. The lowest BCUT2D eigenvalue weighted by Crippen LogP contribution is -2.41. The van der Waals surface area contributed by atoms with E-state index in [-0.39, 0.29) is 30.6 Å². The van der Waals surface area contributed by atoms with Crippen LogP contribution in [-0.2, 0) is 11.3 Å². The zero-order valence-electron chi connectivity index (χ0n) is 18.7. The Morgan fingerprint density at radius 1 is 1.16 bits per heavy atom. The van der Waals surface area contributed by atoms with Gasteiger partial charge in [-0.25, -0.2) is 4.79 Å². The van der Waals surface area contributed by atoms with E-state index in [2.05, 4.69) is 4.98 Å². The number of carbonyl (C=O) groups is 1. The van der Waals surface area contributed by atoms with E-state index < -0.39 is 17.2 Å². The highest BCUT2D eigenvalue weighted by atomic mass is 16.5. The van der Waals surface area contributed by atoms with E-state index in [1.807, 2.05) is 69.3 Å². The summed E-state index contributed by atoms with van der Waals surface area (Å²) in [6.45, 7) is 5.91. The highest BCUT2D eigenvalue weighted by molar-refractivity contribution is 5.96. The molecule has 0 atom stereocenters. The van der Waals surface area contributed by atoms with Crippen LogP contribution in [-0.4, -0.2) is 29.1 Å². The number of nitrogens with one attached hydrogen (secondary N) is 1. The normalized spacial score (nSPS) is 10.9. The van der Waals surface area contributed by atoms with Crippen LogP contribution in [0, 0.1) is 6.92 Å². The molecule has 0 fully saturated rings. The molecular formula is C24H28N4O4. The van der Waals surface area contributed by atoms with Gasteiger partial charge in [-0.2, -0.15) is 0 Å². The number of anilines is 2. The Kier molecular flexibility index (Phi) is 6.82. The summed E-state index contributed by atoms with van der Waals surface area (Å²) in [6.07, 6.45) is 0. The Morgan fingerprint density at radius 3 is 2.50 bits per heavy atom. The molecule has 32 heavy (non-hydrogen) atoms. The van der Waals surface area contributed by atoms with Gasteiger partial charge >= 0.3 is 5.69 Å². The molecule has 0 saturated carbocycles. The average molecular weight is 437 g/mol. The molecule has 0 radical (unpaired) electrons. The molecule has 0 bridgehead atoms. The molecule has 8 heteroatoms. The van der Waals surface area contributed by atoms with Crippen LogP contribution in [0.2, 0.25) is 0 Å². The molecule has 2 aromatic carbocycles. The quantitative estimate of drug-likeness (QED) is 0.592. The number of hydrogen-bond donors (Lipinski definition) is 2. The zero-order valence-corrected chi connectivity index (χ0v) is 18.7. The Balaban J connectivity index is 1.86. The van der Waals surface area contributed by atoms with Crippen LogP contribution >= 0.6 is 0 Å². The van der Waals surface area contributed by atoms with Crippen molar-refractivity contribution in [2.24, 2.45) is 0 Å². The molecule has 0 aliphatic rings. The summed E-state index contributed by atoms with van der Waals surface area (Å²) in [5, 5.41) is 0. The highest BCUT2D eigenvalue weighted by Gasteiger charge is 2.22. The number of ether oxygens (including phenoxy) is 1. The minimum atomic E-state index is -0.730. The minimum Gasteiger partial charge on any atom is -0.483 e. The van der Waals surface area contributed by atoms with E-state index in [0.29, 0.717) is 5.75 Å². The molecule has 168 valence electrons. The molecular weight excluding hydrogens is 408 g/mol. The Bertz CT molecular complexity index is 1230. The second-order valence-corrected chi connectivity index (χ2v) is 8.00. The van der Waals surface area contributed by atoms with E-state index >= 15 is 0 Å². The van der Waals surface area contributed by atoms with Crippen molar-refractivity contribution in [1.29, 1.82) is 0 Å². The number of aromatic amines is 1. The van der Waals surface area contributed by atoms with Crippen molar-refractivity contribution < 1.29 is 9.53 Å². The second-order valence-electron chi connectivity index (χ2n) is 8.00. The van der Waals surface area contributed by atoms with Gasteiger partial charge in [0.15, 0.2) is 12.3 Å². The summed E-state index contributed by atoms with van der Waals surface area (Å²) >= 11 is 0. The summed E-state index contributed by atoms with van der Waals surface area (Å²) in [7, 11) is 1.43. The molecule has 0 spiro atoms. The number of aryl methyl sites for hydroxylation is 1. The first-order valence-electron chi connectivity index (χ1n) is 10.4. The number of nitrogens with two attached hydrogens (primary N) is 1. The molecule has 3 aromatic rings. The molecule has 0 saturated heterocycles. The average Bonchev–Trinajstić information content (AvgIpc) is 2.75. The van der Waals surface area contributed by atoms with Crippen molar-refractivity contribution in [2.45, 2.75) is 33.2 Å². The lowest BCUT2D eigenvalue weighted by molar-refractivity contribution is -0.120. The van der Waals surface area contributed by atoms with Crippen molar-refractivity contribution in [2.75, 3.05) is 24.3 Å². The van der Waals surface area contributed by atoms with Gasteiger partial charge in [-0.1, -0.05) is 56.3 Å². The van der Waals surface area contributed by atoms with Gasteiger partial charge in [0, 0.05) is 7.05 Å². The topological polar surface area (TPSA) is 110 Å². The summed E-state index contributed by atoms with van der Waals surface area (Å²) in [6, 6.07) is 15.1. The predicted molar refractivity (Wildman–Crippen MR) is 125 cm³/mol. The molecule has 3 rings (SSSR count). The third-order valence-electron chi connectivity index (χ3n) is 5.25. The van der Waals surface area contributed by atoms with Gasteiger partial charge in [0.25, 0.3) is 11.5 Å². The van der Waals surface area contributed by atoms with Crippen molar-refractivity contribution in [3.8, 4) is 5.75 Å². The van der Waals surface area contributed by atoms with Crippen molar-refractivity contribution in [3.05, 3.63) is 86.1 Å². The van der Waals surface area contributed by atoms with Crippen LogP contribution in [0.5, 0.6) is 5.75 Å². The van der Waals surface area contributed by atoms with Gasteiger partial charge in [0.1, 0.15) is 11.6 Å². The minimum absolute atomic E-state index is 0.0862. The van der Waals surface area contributed by atoms with Gasteiger partial charge in [-0.15, -0.1) is 0 Å². The van der Waals surface area contributed by atoms with Gasteiger partial charge in [0.2, 0.25) is 0 Å². The van der Waals surface area contributed by atoms with Crippen LogP contribution in [0.4, 0.5) is 11.5 Å². The summed E-state index contributed by atoms with van der Waals surface area (Å²) in [5.74, 6) is 0.288. The fraction of sp³-hybridized carbons (Fsp3) is 0.292. The van der Waals surface area contributed by atoms with E-state index in [9.17, 15) is 14.4 Å². The van der Waals surface area contributed by atoms with Crippen molar-refractivity contribution in [3.63, 3.8) is 0 Å². The monoisotopic (exact) mass is 436 g/mol. The van der Waals surface area contributed by atoms with Crippen molar-refractivity contribution in [1.82, 2.24) is 9.55 Å². The van der Waals surface area contributed by atoms with Gasteiger partial charge in [-0.3, -0.25) is 19.1 Å². The second kappa shape index (κ2) is 9.55. The number of benzene rings is 2. The number of carbonyl (C=O) groups excluding carboxylic acids is 1. The summed E-state index contributed by atoms with van der Waals surface area (Å²) in [4.78, 5) is 41.1. The molecule has 1 aromatic heterocycles. The molecule has 1 amide bonds. The Morgan fingerprint density at radius 2 is 1.84 bits per heavy atom. The smallest absolute Gasteiger partial charge is 0.330 e. The standard InChI is InChI=1S/C24H28N4O4/c1-15(2)18-11-10-16(3)12-19(18)32-14-20(29)27(4)21-22(25)28(24(31)26-23(21)30)13-17-8-6-5-7-9-17/h5-12,15H,13-14,25H2,1-4H3,(H,26,30,31). The molecule has 8 nitrogen and oxygen atoms in total. The lowest BCUT2D eigenvalue weighted by Gasteiger charge is -2.21. The third-order valence-corrected chi connectivity index (χ3v) is 5.25. The molecule has 0 unspecified atom stereocenters. The number of amides is 1. The number of nitrogen functional groups attached to an aromatic ring is 1. The van der Waals surface area contributed by atoms with Crippen LogP contribution in [0.25, 0.3) is 0 Å². The molecule has 0 aliphatic heterocycles. The van der Waals surface area contributed by atoms with Gasteiger partial charge in [0.05, 0.1) is 6.54 Å². The first kappa shape index (κ1) is 22.9. The number of likely N-dealkylation sites (N-methyl/N-ethyl adjacent to an activating group) is 1. The number of aromatic nitrogens is 2. The third kappa shape index (κ3) is 4.91. The molecule has 0 aliphatic carbocycles.